The van der Waals surface area contributed by atoms with Gasteiger partial charge in [0.25, 0.3) is 0 Å². The minimum atomic E-state index is -0.918. The van der Waals surface area contributed by atoms with Crippen LogP contribution >= 0.6 is 31.9 Å². The third-order valence-corrected chi connectivity index (χ3v) is 9.20. The molecular formula is C27H22Br2O5. The van der Waals surface area contributed by atoms with Gasteiger partial charge in [0.2, 0.25) is 0 Å². The summed E-state index contributed by atoms with van der Waals surface area (Å²) in [5, 5.41) is 0. The Labute approximate surface area is 214 Å². The van der Waals surface area contributed by atoms with Crippen LogP contribution in [0.3, 0.4) is 0 Å². The highest BCUT2D eigenvalue weighted by Gasteiger charge is 2.89. The minimum Gasteiger partial charge on any atom is -0.468 e. The van der Waals surface area contributed by atoms with Crippen LogP contribution in [-0.2, 0) is 29.9 Å². The van der Waals surface area contributed by atoms with Crippen molar-refractivity contribution in [3.8, 4) is 0 Å². The number of aryl methyl sites for hydroxylation is 1. The number of furan rings is 1. The quantitative estimate of drug-likeness (QED) is 0.363. The van der Waals surface area contributed by atoms with Crippen molar-refractivity contribution in [3.63, 3.8) is 0 Å². The molecule has 2 saturated carbocycles. The number of hydrogen-bond donors (Lipinski definition) is 0. The highest BCUT2D eigenvalue weighted by atomic mass is 79.9. The zero-order valence-corrected chi connectivity index (χ0v) is 22.0. The minimum absolute atomic E-state index is 0.113. The van der Waals surface area contributed by atoms with E-state index in [2.05, 4.69) is 31.9 Å². The number of esters is 2. The lowest BCUT2D eigenvalue weighted by Gasteiger charge is -2.20. The second kappa shape index (κ2) is 7.31. The zero-order valence-electron chi connectivity index (χ0n) is 18.8. The van der Waals surface area contributed by atoms with Gasteiger partial charge in [0.1, 0.15) is 22.4 Å². The average molecular weight is 586 g/mol. The van der Waals surface area contributed by atoms with E-state index in [4.69, 9.17) is 13.9 Å². The molecule has 0 radical (unpaired) electrons. The van der Waals surface area contributed by atoms with Crippen molar-refractivity contribution >= 4 is 43.8 Å². The summed E-state index contributed by atoms with van der Waals surface area (Å²) in [6.07, 6.45) is 0. The van der Waals surface area contributed by atoms with Crippen molar-refractivity contribution in [2.45, 2.75) is 29.6 Å². The zero-order chi connectivity index (χ0) is 24.0. The van der Waals surface area contributed by atoms with Gasteiger partial charge in [-0.2, -0.15) is 0 Å². The summed E-state index contributed by atoms with van der Waals surface area (Å²) in [6.45, 7) is 1.91. The lowest BCUT2D eigenvalue weighted by Crippen LogP contribution is -2.30. The number of carbonyl (C=O) groups is 2. The number of carbonyl (C=O) groups excluding carboxylic acids is 2. The monoisotopic (exact) mass is 584 g/mol. The molecule has 0 amide bonds. The maximum absolute atomic E-state index is 13.6. The summed E-state index contributed by atoms with van der Waals surface area (Å²) < 4.78 is 18.9. The van der Waals surface area contributed by atoms with Crippen LogP contribution in [0.4, 0.5) is 0 Å². The van der Waals surface area contributed by atoms with Crippen molar-refractivity contribution in [2.24, 2.45) is 11.8 Å². The summed E-state index contributed by atoms with van der Waals surface area (Å²) in [4.78, 5) is 27.1. The third-order valence-electron chi connectivity index (χ3n) is 8.14. The first-order valence-electron chi connectivity index (χ1n) is 11.1. The van der Waals surface area contributed by atoms with Crippen LogP contribution in [0.1, 0.15) is 40.0 Å². The number of halogens is 2. The molecule has 0 aliphatic heterocycles. The standard InChI is InChI=1S/C27H22Br2O5/c1-13-12-18-19-20(26(19,24(30)32-2)14-4-8-16(28)9-5-14)21-22(23(18)34-13)27(21,25(31)33-3)15-6-10-17(29)11-7-15/h4-12,19-22H,1-3H3/t19-,20+,21-,22+,26+,27-/m1/s1. The molecule has 1 aromatic heterocycles. The molecule has 2 fully saturated rings. The molecule has 6 atom stereocenters. The second-order valence-corrected chi connectivity index (χ2v) is 11.2. The molecule has 0 unspecified atom stereocenters. The van der Waals surface area contributed by atoms with Gasteiger partial charge in [-0.05, 0) is 65.8 Å². The van der Waals surface area contributed by atoms with Crippen molar-refractivity contribution in [1.29, 1.82) is 0 Å². The molecule has 2 aromatic carbocycles. The summed E-state index contributed by atoms with van der Waals surface area (Å²) in [5.74, 6) is 0.395. The van der Waals surface area contributed by atoms with Crippen LogP contribution < -0.4 is 0 Å². The smallest absolute Gasteiger partial charge is 0.317 e. The lowest BCUT2D eigenvalue weighted by atomic mass is 9.85. The highest BCUT2D eigenvalue weighted by molar-refractivity contribution is 9.10. The predicted molar refractivity (Wildman–Crippen MR) is 132 cm³/mol. The largest absolute Gasteiger partial charge is 0.468 e. The normalized spacial score (nSPS) is 32.1. The Balaban J connectivity index is 1.61. The summed E-state index contributed by atoms with van der Waals surface area (Å²) in [6, 6.07) is 17.7. The molecule has 3 aromatic rings. The fourth-order valence-corrected chi connectivity index (χ4v) is 7.48. The Morgan fingerprint density at radius 2 is 1.24 bits per heavy atom. The van der Waals surface area contributed by atoms with Gasteiger partial charge in [0.15, 0.2) is 0 Å². The molecular weight excluding hydrogens is 564 g/mol. The van der Waals surface area contributed by atoms with Gasteiger partial charge >= 0.3 is 11.9 Å². The van der Waals surface area contributed by atoms with Crippen molar-refractivity contribution in [1.82, 2.24) is 0 Å². The molecule has 34 heavy (non-hydrogen) atoms. The number of fused-ring (bicyclic) bond motifs is 6. The van der Waals surface area contributed by atoms with Gasteiger partial charge in [0, 0.05) is 20.8 Å². The van der Waals surface area contributed by atoms with Crippen LogP contribution in [-0.4, -0.2) is 26.2 Å². The highest BCUT2D eigenvalue weighted by Crippen LogP contribution is 2.85. The molecule has 5 nitrogen and oxygen atoms in total. The Bertz CT molecular complexity index is 1230. The molecule has 3 aliphatic rings. The Kier molecular flexibility index (Phi) is 4.75. The molecule has 3 aliphatic carbocycles. The molecule has 0 saturated heterocycles. The molecule has 1 heterocycles. The van der Waals surface area contributed by atoms with E-state index >= 15 is 0 Å². The number of hydrogen-bond acceptors (Lipinski definition) is 5. The molecule has 0 bridgehead atoms. The van der Waals surface area contributed by atoms with Gasteiger partial charge in [-0.1, -0.05) is 56.1 Å². The Morgan fingerprint density at radius 3 is 1.71 bits per heavy atom. The first-order valence-corrected chi connectivity index (χ1v) is 12.7. The van der Waals surface area contributed by atoms with Gasteiger partial charge in [0.05, 0.1) is 14.2 Å². The maximum atomic E-state index is 13.6. The lowest BCUT2D eigenvalue weighted by molar-refractivity contribution is -0.146. The van der Waals surface area contributed by atoms with Crippen molar-refractivity contribution in [3.05, 3.63) is 91.8 Å². The molecule has 0 N–H and O–H groups in total. The van der Waals surface area contributed by atoms with E-state index in [9.17, 15) is 9.59 Å². The van der Waals surface area contributed by atoms with Crippen LogP contribution in [0.2, 0.25) is 0 Å². The van der Waals surface area contributed by atoms with Crippen LogP contribution in [0, 0.1) is 18.8 Å². The third kappa shape index (κ3) is 2.55. The van der Waals surface area contributed by atoms with E-state index in [-0.39, 0.29) is 35.6 Å². The van der Waals surface area contributed by atoms with E-state index in [1.165, 1.54) is 14.2 Å². The van der Waals surface area contributed by atoms with Gasteiger partial charge in [-0.3, -0.25) is 9.59 Å². The van der Waals surface area contributed by atoms with E-state index in [1.807, 2.05) is 61.5 Å². The second-order valence-electron chi connectivity index (χ2n) is 9.42. The fourth-order valence-electron chi connectivity index (χ4n) is 6.95. The summed E-state index contributed by atoms with van der Waals surface area (Å²) in [7, 11) is 2.86. The maximum Gasteiger partial charge on any atom is 0.317 e. The number of benzene rings is 2. The van der Waals surface area contributed by atoms with Crippen molar-refractivity contribution < 1.29 is 23.5 Å². The van der Waals surface area contributed by atoms with E-state index in [0.717, 1.165) is 37.2 Å². The van der Waals surface area contributed by atoms with Gasteiger partial charge in [-0.15, -0.1) is 0 Å². The number of rotatable bonds is 4. The summed E-state index contributed by atoms with van der Waals surface area (Å²) in [5.41, 5.74) is 0.966. The Hall–Kier alpha value is -2.38. The summed E-state index contributed by atoms with van der Waals surface area (Å²) >= 11 is 7.00. The molecule has 0 spiro atoms. The van der Waals surface area contributed by atoms with E-state index in [0.29, 0.717) is 0 Å². The van der Waals surface area contributed by atoms with Crippen LogP contribution in [0.5, 0.6) is 0 Å². The average Bonchev–Trinajstić information content (AvgIpc) is 3.68. The van der Waals surface area contributed by atoms with Crippen LogP contribution in [0.15, 0.2) is 68.0 Å². The molecule has 6 rings (SSSR count). The fraction of sp³-hybridized carbons (Fsp3) is 0.333. The van der Waals surface area contributed by atoms with Crippen LogP contribution in [0.25, 0.3) is 0 Å². The van der Waals surface area contributed by atoms with E-state index in [1.54, 1.807) is 0 Å². The number of ether oxygens (including phenoxy) is 2. The van der Waals surface area contributed by atoms with Gasteiger partial charge in [-0.25, -0.2) is 0 Å². The van der Waals surface area contributed by atoms with Crippen molar-refractivity contribution in [2.75, 3.05) is 14.2 Å². The first-order chi connectivity index (χ1) is 16.3. The topological polar surface area (TPSA) is 65.7 Å². The molecule has 7 heteroatoms. The first kappa shape index (κ1) is 22.1. The van der Waals surface area contributed by atoms with E-state index < -0.39 is 10.8 Å². The molecule has 174 valence electrons. The number of methoxy groups -OCH3 is 2. The SMILES string of the molecule is COC(=O)[C@]1(c2ccc(Br)cc2)[C@@H]2[C@@H]3[C@@H](c4oc(C)cc4[C@H]21)[C@@]3(C(=O)OC)c1ccc(Br)cc1. The Morgan fingerprint density at radius 1 is 0.794 bits per heavy atom. The predicted octanol–water partition coefficient (Wildman–Crippen LogP) is 5.78. The van der Waals surface area contributed by atoms with Gasteiger partial charge < -0.3 is 13.9 Å².